The van der Waals surface area contributed by atoms with Crippen LogP contribution in [0.25, 0.3) is 0 Å². The maximum atomic E-state index is 5.78. The molecule has 1 heterocycles. The summed E-state index contributed by atoms with van der Waals surface area (Å²) < 4.78 is 6.93. The first kappa shape index (κ1) is 14.9. The molecule has 0 radical (unpaired) electrons. The predicted octanol–water partition coefficient (Wildman–Crippen LogP) is 4.40. The van der Waals surface area contributed by atoms with Crippen LogP contribution in [0.15, 0.2) is 45.8 Å². The molecule has 3 rings (SSSR count). The highest BCUT2D eigenvalue weighted by atomic mass is 79.9. The Morgan fingerprint density at radius 3 is 2.81 bits per heavy atom. The van der Waals surface area contributed by atoms with Crippen LogP contribution in [0.4, 0.5) is 0 Å². The molecule has 0 aromatic heterocycles. The van der Waals surface area contributed by atoms with Gasteiger partial charge in [-0.3, -0.25) is 0 Å². The van der Waals surface area contributed by atoms with Crippen molar-refractivity contribution >= 4 is 27.7 Å². The van der Waals surface area contributed by atoms with Gasteiger partial charge in [0.2, 0.25) is 0 Å². The number of fused-ring (bicyclic) bond motifs is 1. The van der Waals surface area contributed by atoms with Crippen LogP contribution < -0.4 is 10.1 Å². The first-order chi connectivity index (χ1) is 10.3. The molecule has 1 aliphatic heterocycles. The highest BCUT2D eigenvalue weighted by Gasteiger charge is 2.17. The van der Waals surface area contributed by atoms with Gasteiger partial charge in [-0.25, -0.2) is 0 Å². The minimum absolute atomic E-state index is 0.808. The van der Waals surface area contributed by atoms with Gasteiger partial charge in [0.15, 0.2) is 0 Å². The van der Waals surface area contributed by atoms with Gasteiger partial charge in [0.1, 0.15) is 5.75 Å². The zero-order valence-electron chi connectivity index (χ0n) is 12.0. The summed E-state index contributed by atoms with van der Waals surface area (Å²) in [7, 11) is 1.97. The van der Waals surface area contributed by atoms with Crippen molar-refractivity contribution in [3.8, 4) is 5.75 Å². The molecule has 0 saturated carbocycles. The van der Waals surface area contributed by atoms with Crippen molar-refractivity contribution in [2.24, 2.45) is 0 Å². The van der Waals surface area contributed by atoms with Gasteiger partial charge >= 0.3 is 0 Å². The normalized spacial score (nSPS) is 13.0. The molecule has 2 nitrogen and oxygen atoms in total. The van der Waals surface area contributed by atoms with Crippen LogP contribution in [0, 0.1) is 0 Å². The van der Waals surface area contributed by atoms with Gasteiger partial charge in [0.25, 0.3) is 0 Å². The number of benzene rings is 2. The Bertz CT molecular complexity index is 627. The van der Waals surface area contributed by atoms with Gasteiger partial charge in [-0.15, -0.1) is 11.8 Å². The summed E-state index contributed by atoms with van der Waals surface area (Å²) in [5.74, 6) is 2.03. The lowest BCUT2D eigenvalue weighted by Gasteiger charge is -2.09. The molecule has 0 amide bonds. The van der Waals surface area contributed by atoms with Gasteiger partial charge in [0.05, 0.1) is 6.61 Å². The van der Waals surface area contributed by atoms with Crippen molar-refractivity contribution in [3.63, 3.8) is 0 Å². The summed E-state index contributed by atoms with van der Waals surface area (Å²) in [6, 6.07) is 13.1. The van der Waals surface area contributed by atoms with Crippen LogP contribution >= 0.6 is 27.7 Å². The lowest BCUT2D eigenvalue weighted by molar-refractivity contribution is 0.354. The number of ether oxygens (including phenoxy) is 1. The maximum Gasteiger partial charge on any atom is 0.126 e. The van der Waals surface area contributed by atoms with Gasteiger partial charge in [-0.2, -0.15) is 0 Å². The number of halogens is 1. The van der Waals surface area contributed by atoms with Crippen LogP contribution in [0.3, 0.4) is 0 Å². The third-order valence-corrected chi connectivity index (χ3v) is 5.04. The van der Waals surface area contributed by atoms with Crippen LogP contribution in [0.5, 0.6) is 5.75 Å². The Morgan fingerprint density at radius 1 is 1.24 bits per heavy atom. The lowest BCUT2D eigenvalue weighted by Crippen LogP contribution is -2.04. The first-order valence-electron chi connectivity index (χ1n) is 7.06. The molecule has 0 fully saturated rings. The van der Waals surface area contributed by atoms with Gasteiger partial charge < -0.3 is 10.1 Å². The fourth-order valence-electron chi connectivity index (χ4n) is 2.52. The van der Waals surface area contributed by atoms with Crippen molar-refractivity contribution in [2.75, 3.05) is 13.7 Å². The topological polar surface area (TPSA) is 21.3 Å². The van der Waals surface area contributed by atoms with Gasteiger partial charge in [0, 0.05) is 33.7 Å². The summed E-state index contributed by atoms with van der Waals surface area (Å²) in [6.07, 6.45) is 1.02. The Labute approximate surface area is 138 Å². The second-order valence-electron chi connectivity index (χ2n) is 5.11. The molecule has 110 valence electrons. The summed E-state index contributed by atoms with van der Waals surface area (Å²) >= 11 is 5.45. The predicted molar refractivity (Wildman–Crippen MR) is 92.1 cm³/mol. The van der Waals surface area contributed by atoms with E-state index in [1.165, 1.54) is 21.6 Å². The molecule has 4 heteroatoms. The Kier molecular flexibility index (Phi) is 4.88. The molecule has 2 aromatic carbocycles. The molecule has 21 heavy (non-hydrogen) atoms. The molecule has 0 bridgehead atoms. The second-order valence-corrected chi connectivity index (χ2v) is 7.08. The zero-order chi connectivity index (χ0) is 14.7. The summed E-state index contributed by atoms with van der Waals surface area (Å²) in [5, 5.41) is 3.17. The average molecular weight is 364 g/mol. The van der Waals surface area contributed by atoms with E-state index in [0.717, 1.165) is 35.5 Å². The van der Waals surface area contributed by atoms with E-state index < -0.39 is 0 Å². The van der Waals surface area contributed by atoms with Crippen molar-refractivity contribution < 1.29 is 4.74 Å². The molecule has 1 N–H and O–H groups in total. The first-order valence-corrected chi connectivity index (χ1v) is 8.84. The second kappa shape index (κ2) is 6.86. The largest absolute Gasteiger partial charge is 0.493 e. The fraction of sp³-hybridized carbons (Fsp3) is 0.294. The third kappa shape index (κ3) is 3.62. The van der Waals surface area contributed by atoms with Crippen molar-refractivity contribution in [2.45, 2.75) is 23.6 Å². The van der Waals surface area contributed by atoms with E-state index in [0.29, 0.717) is 0 Å². The van der Waals surface area contributed by atoms with E-state index >= 15 is 0 Å². The minimum atomic E-state index is 0.808. The molecular weight excluding hydrogens is 346 g/mol. The monoisotopic (exact) mass is 363 g/mol. The van der Waals surface area contributed by atoms with Crippen molar-refractivity contribution in [3.05, 3.63) is 57.6 Å². The van der Waals surface area contributed by atoms with E-state index in [1.807, 2.05) is 18.8 Å². The Morgan fingerprint density at radius 2 is 2.05 bits per heavy atom. The van der Waals surface area contributed by atoms with E-state index in [-0.39, 0.29) is 0 Å². The summed E-state index contributed by atoms with van der Waals surface area (Å²) in [5.41, 5.74) is 3.92. The number of nitrogens with one attached hydrogen (secondary N) is 1. The molecular formula is C17H18BrNOS. The van der Waals surface area contributed by atoms with Gasteiger partial charge in [-0.05, 0) is 42.4 Å². The quantitative estimate of drug-likeness (QED) is 0.795. The molecule has 0 spiro atoms. The fourth-order valence-corrected chi connectivity index (χ4v) is 3.94. The highest BCUT2D eigenvalue weighted by molar-refractivity contribution is 9.10. The van der Waals surface area contributed by atoms with Gasteiger partial charge in [-0.1, -0.05) is 28.1 Å². The molecule has 1 aliphatic rings. The highest BCUT2D eigenvalue weighted by Crippen LogP contribution is 2.36. The standard InChI is InChI=1S/C17H18BrNOS/c1-19-10-12-2-4-16(5-3-12)21-11-14-9-15(18)8-13-6-7-20-17(13)14/h2-5,8-9,19H,6-7,10-11H2,1H3. The van der Waals surface area contributed by atoms with E-state index in [9.17, 15) is 0 Å². The van der Waals surface area contributed by atoms with E-state index in [4.69, 9.17) is 4.74 Å². The molecule has 0 atom stereocenters. The molecule has 0 aliphatic carbocycles. The zero-order valence-corrected chi connectivity index (χ0v) is 14.4. The summed E-state index contributed by atoms with van der Waals surface area (Å²) in [6.45, 7) is 1.72. The maximum absolute atomic E-state index is 5.78. The number of rotatable bonds is 5. The van der Waals surface area contributed by atoms with E-state index in [2.05, 4.69) is 57.6 Å². The minimum Gasteiger partial charge on any atom is -0.493 e. The third-order valence-electron chi connectivity index (χ3n) is 3.52. The van der Waals surface area contributed by atoms with Crippen molar-refractivity contribution in [1.82, 2.24) is 5.32 Å². The van der Waals surface area contributed by atoms with Crippen LogP contribution in [0.1, 0.15) is 16.7 Å². The van der Waals surface area contributed by atoms with Crippen LogP contribution in [0.2, 0.25) is 0 Å². The Balaban J connectivity index is 1.70. The molecule has 0 saturated heterocycles. The van der Waals surface area contributed by atoms with Crippen LogP contribution in [-0.4, -0.2) is 13.7 Å². The number of hydrogen-bond donors (Lipinski definition) is 1. The van der Waals surface area contributed by atoms with E-state index in [1.54, 1.807) is 0 Å². The van der Waals surface area contributed by atoms with Crippen molar-refractivity contribution in [1.29, 1.82) is 0 Å². The smallest absolute Gasteiger partial charge is 0.126 e. The SMILES string of the molecule is CNCc1ccc(SCc2cc(Br)cc3c2OCC3)cc1. The lowest BCUT2D eigenvalue weighted by atomic mass is 10.1. The molecule has 2 aromatic rings. The molecule has 0 unspecified atom stereocenters. The summed E-state index contributed by atoms with van der Waals surface area (Å²) in [4.78, 5) is 1.29. The van der Waals surface area contributed by atoms with Crippen LogP contribution in [-0.2, 0) is 18.7 Å². The Hall–Kier alpha value is -0.970. The number of hydrogen-bond acceptors (Lipinski definition) is 3. The number of thioether (sulfide) groups is 1. The average Bonchev–Trinajstić information content (AvgIpc) is 2.94.